The van der Waals surface area contributed by atoms with E-state index in [4.69, 9.17) is 14.8 Å². The zero-order valence-electron chi connectivity index (χ0n) is 20.2. The summed E-state index contributed by atoms with van der Waals surface area (Å²) in [6, 6.07) is 14.8. The number of nitrogens with zero attached hydrogens (tertiary/aromatic N) is 5. The van der Waals surface area contributed by atoms with Crippen LogP contribution in [-0.2, 0) is 0 Å². The second kappa shape index (κ2) is 9.23. The summed E-state index contributed by atoms with van der Waals surface area (Å²) >= 11 is 0. The van der Waals surface area contributed by atoms with Gasteiger partial charge in [-0.2, -0.15) is 9.61 Å². The lowest BCUT2D eigenvalue weighted by Crippen LogP contribution is -2.44. The van der Waals surface area contributed by atoms with E-state index in [2.05, 4.69) is 57.8 Å². The van der Waals surface area contributed by atoms with E-state index >= 15 is 0 Å². The summed E-state index contributed by atoms with van der Waals surface area (Å²) in [5, 5.41) is 11.2. The van der Waals surface area contributed by atoms with Crippen LogP contribution in [0.2, 0.25) is 0 Å². The van der Waals surface area contributed by atoms with E-state index in [1.165, 1.54) is 5.69 Å². The average Bonchev–Trinajstić information content (AvgIpc) is 3.32. The third kappa shape index (κ3) is 3.90. The van der Waals surface area contributed by atoms with Crippen molar-refractivity contribution < 1.29 is 4.74 Å². The van der Waals surface area contributed by atoms with Gasteiger partial charge >= 0.3 is 0 Å². The molecule has 8 heteroatoms. The van der Waals surface area contributed by atoms with Gasteiger partial charge in [0.2, 0.25) is 0 Å². The minimum atomic E-state index is 0.782. The molecular formula is C26H31N7O. The van der Waals surface area contributed by atoms with Gasteiger partial charge in [-0.05, 0) is 42.4 Å². The molecule has 0 aliphatic carbocycles. The molecule has 4 aromatic rings. The maximum Gasteiger partial charge on any atom is 0.165 e. The number of aromatic nitrogens is 3. The van der Waals surface area contributed by atoms with Gasteiger partial charge in [0.25, 0.3) is 0 Å². The molecule has 0 bridgehead atoms. The number of rotatable bonds is 6. The number of ether oxygens (including phenoxy) is 1. The SMILES string of the molecule is CNc1ccc(-c2cnc3c(-c4cccc(N5CCN(C)CC5)c4)cnn3c2NC)cc1OC. The predicted octanol–water partition coefficient (Wildman–Crippen LogP) is 3.91. The Bertz CT molecular complexity index is 1310. The summed E-state index contributed by atoms with van der Waals surface area (Å²) in [7, 11) is 7.65. The zero-order chi connectivity index (χ0) is 23.7. The van der Waals surface area contributed by atoms with Crippen molar-refractivity contribution in [3.8, 4) is 28.0 Å². The highest BCUT2D eigenvalue weighted by Crippen LogP contribution is 2.36. The number of methoxy groups -OCH3 is 1. The fraction of sp³-hybridized carbons (Fsp3) is 0.308. The van der Waals surface area contributed by atoms with E-state index < -0.39 is 0 Å². The van der Waals surface area contributed by atoms with Gasteiger partial charge in [0.1, 0.15) is 11.6 Å². The van der Waals surface area contributed by atoms with Crippen LogP contribution in [0.15, 0.2) is 54.9 Å². The number of benzene rings is 2. The zero-order valence-corrected chi connectivity index (χ0v) is 20.2. The van der Waals surface area contributed by atoms with E-state index in [1.807, 2.05) is 43.1 Å². The van der Waals surface area contributed by atoms with E-state index in [1.54, 1.807) is 7.11 Å². The van der Waals surface area contributed by atoms with Gasteiger partial charge in [0.05, 0.1) is 19.0 Å². The topological polar surface area (TPSA) is 70.0 Å². The van der Waals surface area contributed by atoms with Crippen LogP contribution in [0.5, 0.6) is 5.75 Å². The van der Waals surface area contributed by atoms with Gasteiger partial charge < -0.3 is 25.2 Å². The monoisotopic (exact) mass is 457 g/mol. The van der Waals surface area contributed by atoms with E-state index in [0.717, 1.165) is 71.3 Å². The number of fused-ring (bicyclic) bond motifs is 1. The first-order valence-corrected chi connectivity index (χ1v) is 11.6. The molecule has 0 unspecified atom stereocenters. The van der Waals surface area contributed by atoms with Gasteiger partial charge in [-0.3, -0.25) is 0 Å². The highest BCUT2D eigenvalue weighted by molar-refractivity contribution is 5.84. The highest BCUT2D eigenvalue weighted by Gasteiger charge is 2.18. The molecule has 1 fully saturated rings. The van der Waals surface area contributed by atoms with E-state index in [0.29, 0.717) is 0 Å². The fourth-order valence-corrected chi connectivity index (χ4v) is 4.59. The summed E-state index contributed by atoms with van der Waals surface area (Å²) in [5.41, 5.74) is 7.10. The molecule has 2 N–H and O–H groups in total. The van der Waals surface area contributed by atoms with Gasteiger partial charge in [-0.1, -0.05) is 18.2 Å². The molecule has 0 amide bonds. The quantitative estimate of drug-likeness (QED) is 0.455. The Labute approximate surface area is 200 Å². The highest BCUT2D eigenvalue weighted by atomic mass is 16.5. The van der Waals surface area contributed by atoms with Crippen LogP contribution in [0.3, 0.4) is 0 Å². The predicted molar refractivity (Wildman–Crippen MR) is 139 cm³/mol. The van der Waals surface area contributed by atoms with E-state index in [9.17, 15) is 0 Å². The Morgan fingerprint density at radius 2 is 1.68 bits per heavy atom. The third-order valence-corrected chi connectivity index (χ3v) is 6.57. The fourth-order valence-electron chi connectivity index (χ4n) is 4.59. The second-order valence-corrected chi connectivity index (χ2v) is 8.57. The number of likely N-dealkylation sites (N-methyl/N-ethyl adjacent to an activating group) is 1. The van der Waals surface area contributed by atoms with Crippen molar-refractivity contribution >= 4 is 22.8 Å². The van der Waals surface area contributed by atoms with Crippen molar-refractivity contribution in [3.63, 3.8) is 0 Å². The second-order valence-electron chi connectivity index (χ2n) is 8.57. The van der Waals surface area contributed by atoms with Gasteiger partial charge in [-0.15, -0.1) is 0 Å². The van der Waals surface area contributed by atoms with Crippen molar-refractivity contribution in [2.75, 3.05) is 70.0 Å². The van der Waals surface area contributed by atoms with Crippen LogP contribution in [-0.4, -0.2) is 73.9 Å². The summed E-state index contributed by atoms with van der Waals surface area (Å²) < 4.78 is 7.44. The summed E-state index contributed by atoms with van der Waals surface area (Å²) in [4.78, 5) is 9.65. The first-order valence-electron chi connectivity index (χ1n) is 11.6. The van der Waals surface area contributed by atoms with Crippen LogP contribution in [0.1, 0.15) is 0 Å². The first-order chi connectivity index (χ1) is 16.6. The number of anilines is 3. The first kappa shape index (κ1) is 22.0. The Hall–Kier alpha value is -3.78. The largest absolute Gasteiger partial charge is 0.495 e. The number of nitrogens with one attached hydrogen (secondary N) is 2. The molecular weight excluding hydrogens is 426 g/mol. The molecule has 3 heterocycles. The van der Waals surface area contributed by atoms with Crippen LogP contribution in [0, 0.1) is 0 Å². The van der Waals surface area contributed by atoms with Crippen LogP contribution >= 0.6 is 0 Å². The lowest BCUT2D eigenvalue weighted by molar-refractivity contribution is 0.313. The molecule has 1 aliphatic rings. The molecule has 0 spiro atoms. The maximum absolute atomic E-state index is 5.56. The molecule has 2 aromatic carbocycles. The molecule has 8 nitrogen and oxygen atoms in total. The molecule has 1 aliphatic heterocycles. The number of piperazine rings is 1. The standard InChI is InChI=1S/C26H31N7O/c1-27-23-9-8-19(15-24(23)34-4)21-16-29-26-22(17-30-33(26)25(21)28-2)18-6-5-7-20(14-18)32-12-10-31(3)11-13-32/h5-9,14-17,27-28H,10-13H2,1-4H3. The lowest BCUT2D eigenvalue weighted by Gasteiger charge is -2.34. The van der Waals surface area contributed by atoms with Crippen molar-refractivity contribution in [1.29, 1.82) is 0 Å². The molecule has 0 saturated carbocycles. The Morgan fingerprint density at radius 3 is 2.41 bits per heavy atom. The van der Waals surface area contributed by atoms with Crippen molar-refractivity contribution in [3.05, 3.63) is 54.9 Å². The number of hydrogen-bond acceptors (Lipinski definition) is 7. The van der Waals surface area contributed by atoms with Crippen LogP contribution in [0.25, 0.3) is 27.9 Å². The molecule has 34 heavy (non-hydrogen) atoms. The smallest absolute Gasteiger partial charge is 0.165 e. The normalized spacial score (nSPS) is 14.4. The minimum absolute atomic E-state index is 0.782. The Kier molecular flexibility index (Phi) is 5.98. The Morgan fingerprint density at radius 1 is 0.882 bits per heavy atom. The third-order valence-electron chi connectivity index (χ3n) is 6.57. The van der Waals surface area contributed by atoms with Gasteiger partial charge in [-0.25, -0.2) is 4.98 Å². The Balaban J connectivity index is 1.54. The average molecular weight is 458 g/mol. The summed E-state index contributed by atoms with van der Waals surface area (Å²) in [5.74, 6) is 1.66. The maximum atomic E-state index is 5.56. The molecule has 2 aromatic heterocycles. The number of hydrogen-bond donors (Lipinski definition) is 2. The molecule has 0 atom stereocenters. The molecule has 176 valence electrons. The van der Waals surface area contributed by atoms with E-state index in [-0.39, 0.29) is 0 Å². The molecule has 1 saturated heterocycles. The lowest BCUT2D eigenvalue weighted by atomic mass is 10.1. The van der Waals surface area contributed by atoms with Crippen molar-refractivity contribution in [2.45, 2.75) is 0 Å². The minimum Gasteiger partial charge on any atom is -0.495 e. The van der Waals surface area contributed by atoms with Gasteiger partial charge in [0.15, 0.2) is 5.65 Å². The summed E-state index contributed by atoms with van der Waals surface area (Å²) in [6.45, 7) is 4.24. The summed E-state index contributed by atoms with van der Waals surface area (Å²) in [6.07, 6.45) is 3.81. The van der Waals surface area contributed by atoms with Crippen molar-refractivity contribution in [2.24, 2.45) is 0 Å². The molecule has 5 rings (SSSR count). The van der Waals surface area contributed by atoms with Gasteiger partial charge in [0, 0.05) is 63.3 Å². The molecule has 0 radical (unpaired) electrons. The van der Waals surface area contributed by atoms with Crippen LogP contribution < -0.4 is 20.3 Å². The van der Waals surface area contributed by atoms with Crippen LogP contribution in [0.4, 0.5) is 17.2 Å². The van der Waals surface area contributed by atoms with Crippen molar-refractivity contribution in [1.82, 2.24) is 19.5 Å².